The van der Waals surface area contributed by atoms with Gasteiger partial charge in [0, 0.05) is 19.0 Å². The molecule has 4 heteroatoms. The van der Waals surface area contributed by atoms with E-state index in [-0.39, 0.29) is 0 Å². The van der Waals surface area contributed by atoms with E-state index in [2.05, 4.69) is 35.2 Å². The molecule has 0 saturated carbocycles. The first-order chi connectivity index (χ1) is 10.8. The third kappa shape index (κ3) is 3.33. The quantitative estimate of drug-likeness (QED) is 0.809. The van der Waals surface area contributed by atoms with E-state index < -0.39 is 0 Å². The maximum Gasteiger partial charge on any atom is 0.137 e. The minimum absolute atomic E-state index is 0.386. The molecule has 0 amide bonds. The fourth-order valence-corrected chi connectivity index (χ4v) is 3.17. The highest BCUT2D eigenvalue weighted by atomic mass is 16.5. The predicted molar refractivity (Wildman–Crippen MR) is 85.9 cm³/mol. The van der Waals surface area contributed by atoms with Crippen LogP contribution in [0.25, 0.3) is 0 Å². The highest BCUT2D eigenvalue weighted by Crippen LogP contribution is 2.33. The molecule has 1 aliphatic rings. The smallest absolute Gasteiger partial charge is 0.137 e. The number of likely N-dealkylation sites (tertiary alicyclic amines) is 1. The maximum absolute atomic E-state index is 5.45. The van der Waals surface area contributed by atoms with Crippen molar-refractivity contribution < 1.29 is 9.26 Å². The van der Waals surface area contributed by atoms with Gasteiger partial charge in [0.05, 0.1) is 13.2 Å². The summed E-state index contributed by atoms with van der Waals surface area (Å²) in [6.45, 7) is 4.23. The van der Waals surface area contributed by atoms with Gasteiger partial charge >= 0.3 is 0 Å². The Morgan fingerprint density at radius 3 is 2.86 bits per heavy atom. The zero-order valence-corrected chi connectivity index (χ0v) is 13.4. The van der Waals surface area contributed by atoms with Crippen LogP contribution in [0.2, 0.25) is 0 Å². The molecular formula is C18H24N2O2. The Morgan fingerprint density at radius 1 is 1.32 bits per heavy atom. The lowest BCUT2D eigenvalue weighted by Gasteiger charge is -2.22. The van der Waals surface area contributed by atoms with E-state index in [0.29, 0.717) is 6.04 Å². The molecule has 1 fully saturated rings. The zero-order chi connectivity index (χ0) is 15.4. The van der Waals surface area contributed by atoms with Gasteiger partial charge in [0.15, 0.2) is 0 Å². The van der Waals surface area contributed by atoms with Gasteiger partial charge in [-0.05, 0) is 43.5 Å². The van der Waals surface area contributed by atoms with Gasteiger partial charge in [-0.3, -0.25) is 4.90 Å². The summed E-state index contributed by atoms with van der Waals surface area (Å²) in [6.07, 6.45) is 4.44. The second-order valence-electron chi connectivity index (χ2n) is 5.94. The SMILES string of the molecule is CCCc1cc(C2CCCN2Cc2ccc(OC)cc2)no1. The number of hydrogen-bond acceptors (Lipinski definition) is 4. The Labute approximate surface area is 132 Å². The first-order valence-corrected chi connectivity index (χ1v) is 8.12. The summed E-state index contributed by atoms with van der Waals surface area (Å²) in [5, 5.41) is 4.30. The number of ether oxygens (including phenoxy) is 1. The second-order valence-corrected chi connectivity index (χ2v) is 5.94. The molecule has 2 aromatic rings. The monoisotopic (exact) mass is 300 g/mol. The molecule has 22 heavy (non-hydrogen) atoms. The molecule has 0 N–H and O–H groups in total. The molecule has 1 aliphatic heterocycles. The van der Waals surface area contributed by atoms with Crippen LogP contribution in [0.1, 0.15) is 49.2 Å². The number of nitrogens with zero attached hydrogens (tertiary/aromatic N) is 2. The number of benzene rings is 1. The standard InChI is InChI=1S/C18H24N2O2/c1-3-5-16-12-17(19-22-16)18-6-4-11-20(18)13-14-7-9-15(21-2)10-8-14/h7-10,12,18H,3-6,11,13H2,1-2H3. The lowest BCUT2D eigenvalue weighted by molar-refractivity contribution is 0.236. The van der Waals surface area contributed by atoms with Crippen molar-refractivity contribution in [3.05, 3.63) is 47.3 Å². The predicted octanol–water partition coefficient (Wildman–Crippen LogP) is 3.97. The Hall–Kier alpha value is -1.81. The summed E-state index contributed by atoms with van der Waals surface area (Å²) in [4.78, 5) is 2.50. The van der Waals surface area contributed by atoms with Crippen LogP contribution in [-0.2, 0) is 13.0 Å². The van der Waals surface area contributed by atoms with Gasteiger partial charge in [0.2, 0.25) is 0 Å². The molecule has 1 unspecified atom stereocenters. The highest BCUT2D eigenvalue weighted by Gasteiger charge is 2.28. The van der Waals surface area contributed by atoms with E-state index in [0.717, 1.165) is 49.6 Å². The Morgan fingerprint density at radius 2 is 2.14 bits per heavy atom. The fraction of sp³-hybridized carbons (Fsp3) is 0.500. The molecule has 1 aromatic carbocycles. The first-order valence-electron chi connectivity index (χ1n) is 8.12. The van der Waals surface area contributed by atoms with E-state index in [1.165, 1.54) is 12.0 Å². The van der Waals surface area contributed by atoms with Gasteiger partial charge in [-0.15, -0.1) is 0 Å². The minimum atomic E-state index is 0.386. The van der Waals surface area contributed by atoms with Crippen molar-refractivity contribution in [1.29, 1.82) is 0 Å². The minimum Gasteiger partial charge on any atom is -0.497 e. The lowest BCUT2D eigenvalue weighted by Crippen LogP contribution is -2.22. The van der Waals surface area contributed by atoms with Crippen LogP contribution in [0.5, 0.6) is 5.75 Å². The van der Waals surface area contributed by atoms with Crippen LogP contribution in [-0.4, -0.2) is 23.7 Å². The Kier molecular flexibility index (Phi) is 4.78. The van der Waals surface area contributed by atoms with Crippen LogP contribution < -0.4 is 4.74 Å². The summed E-state index contributed by atoms with van der Waals surface area (Å²) in [7, 11) is 1.70. The summed E-state index contributed by atoms with van der Waals surface area (Å²) < 4.78 is 10.7. The largest absolute Gasteiger partial charge is 0.497 e. The molecule has 2 heterocycles. The maximum atomic E-state index is 5.45. The highest BCUT2D eigenvalue weighted by molar-refractivity contribution is 5.27. The molecular weight excluding hydrogens is 276 g/mol. The molecule has 1 aromatic heterocycles. The van der Waals surface area contributed by atoms with E-state index in [1.807, 2.05) is 12.1 Å². The first kappa shape index (κ1) is 15.1. The molecule has 0 radical (unpaired) electrons. The van der Waals surface area contributed by atoms with E-state index in [9.17, 15) is 0 Å². The van der Waals surface area contributed by atoms with E-state index in [4.69, 9.17) is 9.26 Å². The van der Waals surface area contributed by atoms with Crippen molar-refractivity contribution in [1.82, 2.24) is 10.1 Å². The molecule has 4 nitrogen and oxygen atoms in total. The van der Waals surface area contributed by atoms with Crippen molar-refractivity contribution in [2.45, 2.75) is 45.2 Å². The summed E-state index contributed by atoms with van der Waals surface area (Å²) in [5.41, 5.74) is 2.40. The van der Waals surface area contributed by atoms with Crippen LogP contribution >= 0.6 is 0 Å². The molecule has 1 saturated heterocycles. The lowest BCUT2D eigenvalue weighted by atomic mass is 10.1. The third-order valence-electron chi connectivity index (χ3n) is 4.32. The van der Waals surface area contributed by atoms with Crippen LogP contribution in [0.15, 0.2) is 34.9 Å². The van der Waals surface area contributed by atoms with Crippen molar-refractivity contribution in [3.63, 3.8) is 0 Å². The number of methoxy groups -OCH3 is 1. The van der Waals surface area contributed by atoms with Gasteiger partial charge in [-0.25, -0.2) is 0 Å². The van der Waals surface area contributed by atoms with E-state index >= 15 is 0 Å². The number of rotatable bonds is 6. The summed E-state index contributed by atoms with van der Waals surface area (Å²) in [5.74, 6) is 1.91. The van der Waals surface area contributed by atoms with Crippen molar-refractivity contribution >= 4 is 0 Å². The Balaban J connectivity index is 1.69. The fourth-order valence-electron chi connectivity index (χ4n) is 3.17. The normalized spacial score (nSPS) is 18.7. The van der Waals surface area contributed by atoms with Gasteiger partial charge < -0.3 is 9.26 Å². The average Bonchev–Trinajstić information content (AvgIpc) is 3.17. The molecule has 3 rings (SSSR count). The van der Waals surface area contributed by atoms with Crippen molar-refractivity contribution in [3.8, 4) is 5.75 Å². The number of hydrogen-bond donors (Lipinski definition) is 0. The van der Waals surface area contributed by atoms with Crippen LogP contribution in [0.3, 0.4) is 0 Å². The molecule has 1 atom stereocenters. The van der Waals surface area contributed by atoms with Gasteiger partial charge in [-0.1, -0.05) is 24.2 Å². The zero-order valence-electron chi connectivity index (χ0n) is 13.4. The van der Waals surface area contributed by atoms with Gasteiger partial charge in [-0.2, -0.15) is 0 Å². The second kappa shape index (κ2) is 6.97. The third-order valence-corrected chi connectivity index (χ3v) is 4.32. The van der Waals surface area contributed by atoms with Crippen LogP contribution in [0.4, 0.5) is 0 Å². The summed E-state index contributed by atoms with van der Waals surface area (Å²) >= 11 is 0. The number of aromatic nitrogens is 1. The molecule has 0 bridgehead atoms. The average molecular weight is 300 g/mol. The molecule has 118 valence electrons. The molecule has 0 spiro atoms. The van der Waals surface area contributed by atoms with Crippen molar-refractivity contribution in [2.24, 2.45) is 0 Å². The van der Waals surface area contributed by atoms with E-state index in [1.54, 1.807) is 7.11 Å². The van der Waals surface area contributed by atoms with Crippen molar-refractivity contribution in [2.75, 3.05) is 13.7 Å². The van der Waals surface area contributed by atoms with Crippen LogP contribution in [0, 0.1) is 0 Å². The topological polar surface area (TPSA) is 38.5 Å². The van der Waals surface area contributed by atoms with Gasteiger partial charge in [0.25, 0.3) is 0 Å². The molecule has 0 aliphatic carbocycles. The summed E-state index contributed by atoms with van der Waals surface area (Å²) in [6, 6.07) is 10.8. The van der Waals surface area contributed by atoms with Gasteiger partial charge in [0.1, 0.15) is 17.2 Å². The Bertz CT molecular complexity index is 591. The number of aryl methyl sites for hydroxylation is 1.